The summed E-state index contributed by atoms with van der Waals surface area (Å²) < 4.78 is 0. The van der Waals surface area contributed by atoms with Gasteiger partial charge in [-0.2, -0.15) is 0 Å². The van der Waals surface area contributed by atoms with Gasteiger partial charge >= 0.3 is 0 Å². The van der Waals surface area contributed by atoms with E-state index < -0.39 is 0 Å². The lowest BCUT2D eigenvalue weighted by atomic mass is 9.92. The third-order valence-electron chi connectivity index (χ3n) is 3.64. The largest absolute Gasteiger partial charge is 0.369 e. The van der Waals surface area contributed by atoms with E-state index in [1.165, 1.54) is 24.1 Å². The molecule has 1 heterocycles. The molecule has 1 fully saturated rings. The van der Waals surface area contributed by atoms with E-state index >= 15 is 0 Å². The molecule has 1 saturated heterocycles. The van der Waals surface area contributed by atoms with E-state index in [0.717, 1.165) is 22.8 Å². The SMILES string of the molecule is CC1CCN(c2cc(Cl)ccc2CBr)C(C)C1. The van der Waals surface area contributed by atoms with Crippen LogP contribution in [0.5, 0.6) is 0 Å². The molecule has 0 bridgehead atoms. The number of nitrogens with zero attached hydrogens (tertiary/aromatic N) is 1. The Hall–Kier alpha value is -0.210. The predicted octanol–water partition coefficient (Wildman–Crippen LogP) is 4.86. The first-order valence-corrected chi connectivity index (χ1v) is 7.72. The van der Waals surface area contributed by atoms with E-state index in [-0.39, 0.29) is 0 Å². The van der Waals surface area contributed by atoms with E-state index in [1.54, 1.807) is 0 Å². The van der Waals surface area contributed by atoms with Gasteiger partial charge in [-0.15, -0.1) is 0 Å². The van der Waals surface area contributed by atoms with Crippen LogP contribution in [0.15, 0.2) is 18.2 Å². The number of benzene rings is 1. The zero-order valence-corrected chi connectivity index (χ0v) is 12.8. The molecule has 2 rings (SSSR count). The van der Waals surface area contributed by atoms with Crippen molar-refractivity contribution in [2.75, 3.05) is 11.4 Å². The number of anilines is 1. The Bertz CT molecular complexity index is 394. The molecule has 0 aliphatic carbocycles. The lowest BCUT2D eigenvalue weighted by molar-refractivity contribution is 0.377. The van der Waals surface area contributed by atoms with Gasteiger partial charge in [0.15, 0.2) is 0 Å². The van der Waals surface area contributed by atoms with Gasteiger partial charge < -0.3 is 4.90 Å². The molecule has 1 aromatic rings. The lowest BCUT2D eigenvalue weighted by Crippen LogP contribution is -2.40. The summed E-state index contributed by atoms with van der Waals surface area (Å²) in [6.07, 6.45) is 2.55. The van der Waals surface area contributed by atoms with Crippen LogP contribution in [-0.2, 0) is 5.33 Å². The maximum absolute atomic E-state index is 6.13. The molecule has 94 valence electrons. The van der Waals surface area contributed by atoms with Crippen LogP contribution in [-0.4, -0.2) is 12.6 Å². The van der Waals surface area contributed by atoms with Crippen molar-refractivity contribution in [3.63, 3.8) is 0 Å². The van der Waals surface area contributed by atoms with E-state index in [0.29, 0.717) is 6.04 Å². The summed E-state index contributed by atoms with van der Waals surface area (Å²) in [5.74, 6) is 0.841. The molecule has 2 atom stereocenters. The van der Waals surface area contributed by atoms with E-state index in [4.69, 9.17) is 11.6 Å². The Morgan fingerprint density at radius 1 is 1.41 bits per heavy atom. The predicted molar refractivity (Wildman–Crippen MR) is 79.3 cm³/mol. The Balaban J connectivity index is 2.29. The number of halogens is 2. The smallest absolute Gasteiger partial charge is 0.0426 e. The summed E-state index contributed by atoms with van der Waals surface area (Å²) >= 11 is 9.69. The normalized spacial score (nSPS) is 25.1. The minimum atomic E-state index is 0.606. The summed E-state index contributed by atoms with van der Waals surface area (Å²) in [5, 5.41) is 1.72. The summed E-state index contributed by atoms with van der Waals surface area (Å²) in [6.45, 7) is 5.80. The fourth-order valence-electron chi connectivity index (χ4n) is 2.68. The molecular weight excluding hydrogens is 298 g/mol. The zero-order valence-electron chi connectivity index (χ0n) is 10.4. The highest BCUT2D eigenvalue weighted by Gasteiger charge is 2.24. The topological polar surface area (TPSA) is 3.24 Å². The number of hydrogen-bond acceptors (Lipinski definition) is 1. The van der Waals surface area contributed by atoms with E-state index in [1.807, 2.05) is 6.07 Å². The van der Waals surface area contributed by atoms with Crippen molar-refractivity contribution < 1.29 is 0 Å². The fraction of sp³-hybridized carbons (Fsp3) is 0.571. The molecule has 0 spiro atoms. The number of rotatable bonds is 2. The molecule has 0 aromatic heterocycles. The second kappa shape index (κ2) is 5.62. The van der Waals surface area contributed by atoms with Gasteiger partial charge in [0.25, 0.3) is 0 Å². The summed E-state index contributed by atoms with van der Waals surface area (Å²) in [4.78, 5) is 2.50. The Morgan fingerprint density at radius 3 is 2.82 bits per heavy atom. The standard InChI is InChI=1S/C14H19BrClN/c1-10-5-6-17(11(2)7-10)14-8-13(16)4-3-12(14)9-15/h3-4,8,10-11H,5-7,9H2,1-2H3. The molecular formula is C14H19BrClN. The van der Waals surface area contributed by atoms with Gasteiger partial charge in [0.2, 0.25) is 0 Å². The van der Waals surface area contributed by atoms with E-state index in [2.05, 4.69) is 46.8 Å². The van der Waals surface area contributed by atoms with Gasteiger partial charge in [-0.25, -0.2) is 0 Å². The van der Waals surface area contributed by atoms with Crippen LogP contribution in [0.3, 0.4) is 0 Å². The second-order valence-corrected chi connectivity index (χ2v) is 6.08. The van der Waals surface area contributed by atoms with Gasteiger partial charge in [-0.3, -0.25) is 0 Å². The third-order valence-corrected chi connectivity index (χ3v) is 4.48. The molecule has 0 saturated carbocycles. The van der Waals surface area contributed by atoms with Crippen LogP contribution in [0.4, 0.5) is 5.69 Å². The highest BCUT2D eigenvalue weighted by atomic mass is 79.9. The van der Waals surface area contributed by atoms with E-state index in [9.17, 15) is 0 Å². The highest BCUT2D eigenvalue weighted by molar-refractivity contribution is 9.08. The Labute approximate surface area is 117 Å². The molecule has 0 N–H and O–H groups in total. The fourth-order valence-corrected chi connectivity index (χ4v) is 3.32. The molecule has 1 aromatic carbocycles. The van der Waals surface area contributed by atoms with Crippen molar-refractivity contribution in [1.29, 1.82) is 0 Å². The van der Waals surface area contributed by atoms with Crippen LogP contribution < -0.4 is 4.90 Å². The maximum atomic E-state index is 6.13. The van der Waals surface area contributed by atoms with Crippen LogP contribution in [0.1, 0.15) is 32.3 Å². The summed E-state index contributed by atoms with van der Waals surface area (Å²) in [7, 11) is 0. The van der Waals surface area contributed by atoms with Crippen molar-refractivity contribution in [3.8, 4) is 0 Å². The van der Waals surface area contributed by atoms with Crippen LogP contribution in [0.2, 0.25) is 5.02 Å². The first-order chi connectivity index (χ1) is 8.11. The molecule has 0 radical (unpaired) electrons. The Morgan fingerprint density at radius 2 is 2.18 bits per heavy atom. The molecule has 3 heteroatoms. The van der Waals surface area contributed by atoms with Gasteiger partial charge in [0.1, 0.15) is 0 Å². The molecule has 17 heavy (non-hydrogen) atoms. The minimum Gasteiger partial charge on any atom is -0.369 e. The lowest BCUT2D eigenvalue weighted by Gasteiger charge is -2.39. The number of hydrogen-bond donors (Lipinski definition) is 0. The monoisotopic (exact) mass is 315 g/mol. The Kier molecular flexibility index (Phi) is 4.37. The van der Waals surface area contributed by atoms with Crippen molar-refractivity contribution in [2.45, 2.75) is 38.1 Å². The van der Waals surface area contributed by atoms with Crippen LogP contribution in [0.25, 0.3) is 0 Å². The van der Waals surface area contributed by atoms with Crippen molar-refractivity contribution in [3.05, 3.63) is 28.8 Å². The molecule has 1 nitrogen and oxygen atoms in total. The number of piperidine rings is 1. The summed E-state index contributed by atoms with van der Waals surface area (Å²) in [6, 6.07) is 6.80. The average Bonchev–Trinajstić information content (AvgIpc) is 2.29. The van der Waals surface area contributed by atoms with Crippen molar-refractivity contribution in [1.82, 2.24) is 0 Å². The zero-order chi connectivity index (χ0) is 12.4. The number of alkyl halides is 1. The first kappa shape index (κ1) is 13.2. The van der Waals surface area contributed by atoms with Crippen LogP contribution in [0, 0.1) is 5.92 Å². The highest BCUT2D eigenvalue weighted by Crippen LogP contribution is 2.33. The molecule has 1 aliphatic rings. The average molecular weight is 317 g/mol. The van der Waals surface area contributed by atoms with Gasteiger partial charge in [-0.1, -0.05) is 40.5 Å². The minimum absolute atomic E-state index is 0.606. The van der Waals surface area contributed by atoms with Crippen LogP contribution >= 0.6 is 27.5 Å². The summed E-state index contributed by atoms with van der Waals surface area (Å²) in [5.41, 5.74) is 2.63. The van der Waals surface area contributed by atoms with Gasteiger partial charge in [-0.05, 0) is 43.4 Å². The molecule has 2 unspecified atom stereocenters. The molecule has 1 aliphatic heterocycles. The third kappa shape index (κ3) is 2.97. The quantitative estimate of drug-likeness (QED) is 0.704. The second-order valence-electron chi connectivity index (χ2n) is 5.08. The first-order valence-electron chi connectivity index (χ1n) is 6.23. The van der Waals surface area contributed by atoms with Gasteiger partial charge in [0.05, 0.1) is 0 Å². The molecule has 0 amide bonds. The van der Waals surface area contributed by atoms with Crippen molar-refractivity contribution >= 4 is 33.2 Å². The van der Waals surface area contributed by atoms with Gasteiger partial charge in [0, 0.05) is 28.6 Å². The maximum Gasteiger partial charge on any atom is 0.0426 e. The van der Waals surface area contributed by atoms with Crippen molar-refractivity contribution in [2.24, 2.45) is 5.92 Å².